The van der Waals surface area contributed by atoms with E-state index in [4.69, 9.17) is 4.74 Å². The van der Waals surface area contributed by atoms with E-state index >= 15 is 0 Å². The molecule has 2 atom stereocenters. The van der Waals surface area contributed by atoms with E-state index in [9.17, 15) is 9.59 Å². The van der Waals surface area contributed by atoms with Gasteiger partial charge in [-0.05, 0) is 28.0 Å². The standard InChI is InChI=1S/C17H17NO3/c1-10(19)18-17-15-8-13-6-4-3-5-12(13)7-14(15)9-16(17)21-11(2)20/h3-8,16-17H,9H2,1-2H3,(H,18,19)/t16-,17+/m1/s1. The van der Waals surface area contributed by atoms with Crippen molar-refractivity contribution in [2.24, 2.45) is 0 Å². The summed E-state index contributed by atoms with van der Waals surface area (Å²) in [5.41, 5.74) is 2.16. The van der Waals surface area contributed by atoms with E-state index in [0.29, 0.717) is 6.42 Å². The molecule has 0 radical (unpaired) electrons. The van der Waals surface area contributed by atoms with Crippen LogP contribution >= 0.6 is 0 Å². The van der Waals surface area contributed by atoms with E-state index in [2.05, 4.69) is 23.5 Å². The van der Waals surface area contributed by atoms with Gasteiger partial charge in [-0.3, -0.25) is 9.59 Å². The first kappa shape index (κ1) is 13.6. The summed E-state index contributed by atoms with van der Waals surface area (Å²) in [5, 5.41) is 5.18. The smallest absolute Gasteiger partial charge is 0.302 e. The molecule has 0 saturated heterocycles. The highest BCUT2D eigenvalue weighted by Gasteiger charge is 2.35. The van der Waals surface area contributed by atoms with Crippen molar-refractivity contribution in [1.82, 2.24) is 5.32 Å². The lowest BCUT2D eigenvalue weighted by Crippen LogP contribution is -2.34. The summed E-state index contributed by atoms with van der Waals surface area (Å²) >= 11 is 0. The molecule has 0 aromatic heterocycles. The number of fused-ring (bicyclic) bond motifs is 2. The fourth-order valence-corrected chi connectivity index (χ4v) is 3.02. The Morgan fingerprint density at radius 2 is 1.81 bits per heavy atom. The Hall–Kier alpha value is -2.36. The molecular weight excluding hydrogens is 266 g/mol. The minimum atomic E-state index is -0.335. The van der Waals surface area contributed by atoms with Crippen molar-refractivity contribution in [3.05, 3.63) is 47.5 Å². The number of carbonyl (C=O) groups is 2. The van der Waals surface area contributed by atoms with Gasteiger partial charge in [-0.2, -0.15) is 0 Å². The van der Waals surface area contributed by atoms with Gasteiger partial charge in [-0.15, -0.1) is 0 Å². The molecule has 108 valence electrons. The molecular formula is C17H17NO3. The first-order chi connectivity index (χ1) is 10.0. The molecule has 1 aliphatic carbocycles. The van der Waals surface area contributed by atoms with Crippen molar-refractivity contribution >= 4 is 22.6 Å². The summed E-state index contributed by atoms with van der Waals surface area (Å²) in [4.78, 5) is 22.7. The molecule has 2 aromatic rings. The highest BCUT2D eigenvalue weighted by Crippen LogP contribution is 2.36. The van der Waals surface area contributed by atoms with Gasteiger partial charge in [0.05, 0.1) is 6.04 Å². The maximum Gasteiger partial charge on any atom is 0.302 e. The second kappa shape index (κ2) is 5.20. The van der Waals surface area contributed by atoms with Crippen molar-refractivity contribution < 1.29 is 14.3 Å². The van der Waals surface area contributed by atoms with Gasteiger partial charge in [0.1, 0.15) is 6.10 Å². The number of nitrogens with one attached hydrogen (secondary N) is 1. The Bertz CT molecular complexity index is 723. The fraction of sp³-hybridized carbons (Fsp3) is 0.294. The third-order valence-electron chi connectivity index (χ3n) is 3.81. The van der Waals surface area contributed by atoms with Gasteiger partial charge in [0.2, 0.25) is 5.91 Å². The molecule has 2 aromatic carbocycles. The Balaban J connectivity index is 2.05. The molecule has 0 spiro atoms. The van der Waals surface area contributed by atoms with E-state index in [1.807, 2.05) is 18.2 Å². The molecule has 4 heteroatoms. The van der Waals surface area contributed by atoms with Crippen molar-refractivity contribution in [3.63, 3.8) is 0 Å². The summed E-state index contributed by atoms with van der Waals surface area (Å²) in [6.45, 7) is 2.87. The van der Waals surface area contributed by atoms with Gasteiger partial charge in [0.15, 0.2) is 0 Å². The number of hydrogen-bond donors (Lipinski definition) is 1. The SMILES string of the molecule is CC(=O)N[C@H]1c2cc3ccccc3cc2C[C@H]1OC(C)=O. The Kier molecular flexibility index (Phi) is 3.37. The molecule has 1 N–H and O–H groups in total. The minimum absolute atomic E-state index is 0.127. The number of esters is 1. The number of rotatable bonds is 2. The van der Waals surface area contributed by atoms with Gasteiger partial charge in [-0.1, -0.05) is 30.3 Å². The third kappa shape index (κ3) is 2.61. The lowest BCUT2D eigenvalue weighted by Gasteiger charge is -2.21. The zero-order valence-corrected chi connectivity index (χ0v) is 12.1. The molecule has 0 heterocycles. The van der Waals surface area contributed by atoms with Gasteiger partial charge in [-0.25, -0.2) is 0 Å². The van der Waals surface area contributed by atoms with Crippen LogP contribution < -0.4 is 5.32 Å². The van der Waals surface area contributed by atoms with Gasteiger partial charge >= 0.3 is 5.97 Å². The van der Waals surface area contributed by atoms with E-state index in [-0.39, 0.29) is 24.0 Å². The number of amides is 1. The van der Waals surface area contributed by atoms with Crippen LogP contribution in [0.2, 0.25) is 0 Å². The molecule has 1 aliphatic rings. The van der Waals surface area contributed by atoms with Crippen molar-refractivity contribution in [3.8, 4) is 0 Å². The van der Waals surface area contributed by atoms with Gasteiger partial charge in [0, 0.05) is 20.3 Å². The molecule has 1 amide bonds. The van der Waals surface area contributed by atoms with Gasteiger partial charge in [0.25, 0.3) is 0 Å². The lowest BCUT2D eigenvalue weighted by molar-refractivity contribution is -0.148. The van der Waals surface area contributed by atoms with Gasteiger partial charge < -0.3 is 10.1 Å². The first-order valence-electron chi connectivity index (χ1n) is 7.00. The second-order valence-corrected chi connectivity index (χ2v) is 5.43. The Labute approximate surface area is 123 Å². The fourth-order valence-electron chi connectivity index (χ4n) is 3.02. The number of benzene rings is 2. The Morgan fingerprint density at radius 1 is 1.14 bits per heavy atom. The number of hydrogen-bond acceptors (Lipinski definition) is 3. The molecule has 0 unspecified atom stereocenters. The molecule has 0 bridgehead atoms. The van der Waals surface area contributed by atoms with Crippen LogP contribution in [0.4, 0.5) is 0 Å². The molecule has 0 fully saturated rings. The Morgan fingerprint density at radius 3 is 2.43 bits per heavy atom. The van der Waals surface area contributed by atoms with E-state index < -0.39 is 0 Å². The summed E-state index contributed by atoms with van der Waals surface area (Å²) in [7, 11) is 0. The largest absolute Gasteiger partial charge is 0.460 e. The zero-order chi connectivity index (χ0) is 15.0. The predicted molar refractivity (Wildman–Crippen MR) is 79.8 cm³/mol. The first-order valence-corrected chi connectivity index (χ1v) is 7.00. The minimum Gasteiger partial charge on any atom is -0.460 e. The molecule has 21 heavy (non-hydrogen) atoms. The van der Waals surface area contributed by atoms with Crippen LogP contribution in [-0.4, -0.2) is 18.0 Å². The average molecular weight is 283 g/mol. The van der Waals surface area contributed by atoms with Crippen molar-refractivity contribution in [1.29, 1.82) is 0 Å². The van der Waals surface area contributed by atoms with E-state index in [1.165, 1.54) is 13.8 Å². The third-order valence-corrected chi connectivity index (χ3v) is 3.81. The summed E-state index contributed by atoms with van der Waals surface area (Å²) in [5.74, 6) is -0.453. The highest BCUT2D eigenvalue weighted by molar-refractivity contribution is 5.85. The predicted octanol–water partition coefficient (Wildman–Crippen LogP) is 2.50. The van der Waals surface area contributed by atoms with Crippen LogP contribution in [0.3, 0.4) is 0 Å². The van der Waals surface area contributed by atoms with Crippen LogP contribution in [-0.2, 0) is 20.7 Å². The number of ether oxygens (including phenoxy) is 1. The topological polar surface area (TPSA) is 55.4 Å². The van der Waals surface area contributed by atoms with Crippen molar-refractivity contribution in [2.45, 2.75) is 32.4 Å². The zero-order valence-electron chi connectivity index (χ0n) is 12.1. The highest BCUT2D eigenvalue weighted by atomic mass is 16.5. The average Bonchev–Trinajstić information content (AvgIpc) is 2.72. The van der Waals surface area contributed by atoms with Crippen LogP contribution in [0.15, 0.2) is 36.4 Å². The molecule has 0 aliphatic heterocycles. The summed E-state index contributed by atoms with van der Waals surface area (Å²) < 4.78 is 5.38. The summed E-state index contributed by atoms with van der Waals surface area (Å²) in [6.07, 6.45) is 0.295. The van der Waals surface area contributed by atoms with Crippen LogP contribution in [0.1, 0.15) is 31.0 Å². The van der Waals surface area contributed by atoms with Crippen LogP contribution in [0.25, 0.3) is 10.8 Å². The normalized spacial score (nSPS) is 20.1. The molecule has 0 saturated carbocycles. The van der Waals surface area contributed by atoms with Crippen LogP contribution in [0, 0.1) is 0 Å². The van der Waals surface area contributed by atoms with E-state index in [1.54, 1.807) is 0 Å². The quantitative estimate of drug-likeness (QED) is 0.862. The number of carbonyl (C=O) groups excluding carboxylic acids is 2. The van der Waals surface area contributed by atoms with Crippen LogP contribution in [0.5, 0.6) is 0 Å². The lowest BCUT2D eigenvalue weighted by atomic mass is 10.0. The van der Waals surface area contributed by atoms with E-state index in [0.717, 1.165) is 21.9 Å². The maximum atomic E-state index is 11.5. The molecule has 3 rings (SSSR count). The monoisotopic (exact) mass is 283 g/mol. The second-order valence-electron chi connectivity index (χ2n) is 5.43. The summed E-state index contributed by atoms with van der Waals surface area (Å²) in [6, 6.07) is 12.0. The maximum absolute atomic E-state index is 11.5. The molecule has 4 nitrogen and oxygen atoms in total. The van der Waals surface area contributed by atoms with Crippen molar-refractivity contribution in [2.75, 3.05) is 0 Å².